The third-order valence-corrected chi connectivity index (χ3v) is 5.22. The van der Waals surface area contributed by atoms with Crippen LogP contribution in [0.15, 0.2) is 36.8 Å². The number of piperazine rings is 1. The number of imidazole rings is 1. The third-order valence-electron chi connectivity index (χ3n) is 5.22. The lowest BCUT2D eigenvalue weighted by atomic mass is 10.2. The van der Waals surface area contributed by atoms with Crippen LogP contribution in [0.3, 0.4) is 0 Å². The van der Waals surface area contributed by atoms with Gasteiger partial charge in [0.15, 0.2) is 0 Å². The molecular formula is C20H24N4O3. The first-order valence-corrected chi connectivity index (χ1v) is 9.42. The Balaban J connectivity index is 1.37. The molecule has 4 rings (SSSR count). The number of carbonyl (C=O) groups is 2. The van der Waals surface area contributed by atoms with Crippen molar-refractivity contribution in [1.29, 1.82) is 0 Å². The lowest BCUT2D eigenvalue weighted by molar-refractivity contribution is -0.142. The van der Waals surface area contributed by atoms with Gasteiger partial charge in [-0.1, -0.05) is 17.7 Å². The maximum absolute atomic E-state index is 12.8. The maximum atomic E-state index is 12.8. The van der Waals surface area contributed by atoms with Gasteiger partial charge in [0.1, 0.15) is 18.1 Å². The Hall–Kier alpha value is -2.67. The number of amides is 2. The first kappa shape index (κ1) is 17.7. The van der Waals surface area contributed by atoms with E-state index in [4.69, 9.17) is 4.74 Å². The van der Waals surface area contributed by atoms with Crippen molar-refractivity contribution in [3.63, 3.8) is 0 Å². The summed E-state index contributed by atoms with van der Waals surface area (Å²) in [4.78, 5) is 33.0. The standard InChI is InChI=1S/C20H24N4O3/c1-15-4-6-16(7-5-15)24-13-17(21-14-24)19(25)22-8-10-23(11-9-22)20(26)18-3-2-12-27-18/h4-7,13-14,18H,2-3,8-12H2,1H3. The zero-order valence-electron chi connectivity index (χ0n) is 15.5. The van der Waals surface area contributed by atoms with Crippen LogP contribution in [0.5, 0.6) is 0 Å². The van der Waals surface area contributed by atoms with E-state index in [1.165, 1.54) is 5.56 Å². The summed E-state index contributed by atoms with van der Waals surface area (Å²) in [5.41, 5.74) is 2.58. The quantitative estimate of drug-likeness (QED) is 0.826. The van der Waals surface area contributed by atoms with Gasteiger partial charge in [0, 0.05) is 44.7 Å². The van der Waals surface area contributed by atoms with E-state index >= 15 is 0 Å². The molecule has 142 valence electrons. The van der Waals surface area contributed by atoms with E-state index in [9.17, 15) is 9.59 Å². The number of nitrogens with zero attached hydrogens (tertiary/aromatic N) is 4. The third kappa shape index (κ3) is 3.73. The molecule has 2 aliphatic rings. The smallest absolute Gasteiger partial charge is 0.274 e. The Morgan fingerprint density at radius 2 is 1.78 bits per heavy atom. The first-order chi connectivity index (χ1) is 13.1. The van der Waals surface area contributed by atoms with E-state index in [0.717, 1.165) is 18.5 Å². The molecule has 1 atom stereocenters. The van der Waals surface area contributed by atoms with Crippen LogP contribution >= 0.6 is 0 Å². The van der Waals surface area contributed by atoms with Crippen LogP contribution in [-0.4, -0.2) is 70.1 Å². The van der Waals surface area contributed by atoms with Crippen molar-refractivity contribution in [3.8, 4) is 5.69 Å². The molecule has 1 unspecified atom stereocenters. The molecule has 0 N–H and O–H groups in total. The highest BCUT2D eigenvalue weighted by atomic mass is 16.5. The van der Waals surface area contributed by atoms with Crippen LogP contribution in [-0.2, 0) is 9.53 Å². The van der Waals surface area contributed by atoms with Gasteiger partial charge in [-0.3, -0.25) is 9.59 Å². The van der Waals surface area contributed by atoms with Crippen LogP contribution in [0, 0.1) is 6.92 Å². The minimum absolute atomic E-state index is 0.0586. The van der Waals surface area contributed by atoms with E-state index < -0.39 is 0 Å². The predicted molar refractivity (Wildman–Crippen MR) is 99.8 cm³/mol. The summed E-state index contributed by atoms with van der Waals surface area (Å²) in [6, 6.07) is 8.06. The van der Waals surface area contributed by atoms with E-state index in [1.807, 2.05) is 40.7 Å². The van der Waals surface area contributed by atoms with Gasteiger partial charge in [0.25, 0.3) is 11.8 Å². The molecule has 0 spiro atoms. The fourth-order valence-corrected chi connectivity index (χ4v) is 3.56. The highest BCUT2D eigenvalue weighted by molar-refractivity contribution is 5.92. The normalized spacial score (nSPS) is 20.1. The SMILES string of the molecule is Cc1ccc(-n2cnc(C(=O)N3CCN(C(=O)C4CCCO4)CC3)c2)cc1. The number of ether oxygens (including phenoxy) is 1. The second-order valence-electron chi connectivity index (χ2n) is 7.12. The van der Waals surface area contributed by atoms with Crippen molar-refractivity contribution in [2.75, 3.05) is 32.8 Å². The van der Waals surface area contributed by atoms with Crippen molar-refractivity contribution in [3.05, 3.63) is 48.0 Å². The second kappa shape index (κ2) is 7.52. The van der Waals surface area contributed by atoms with Gasteiger partial charge in [-0.2, -0.15) is 0 Å². The molecule has 0 bridgehead atoms. The van der Waals surface area contributed by atoms with Gasteiger partial charge in [-0.15, -0.1) is 0 Å². The van der Waals surface area contributed by atoms with Crippen LogP contribution < -0.4 is 0 Å². The average Bonchev–Trinajstić information content (AvgIpc) is 3.40. The number of aromatic nitrogens is 2. The lowest BCUT2D eigenvalue weighted by Gasteiger charge is -2.35. The summed E-state index contributed by atoms with van der Waals surface area (Å²) < 4.78 is 7.33. The Labute approximate surface area is 158 Å². The van der Waals surface area contributed by atoms with Gasteiger partial charge in [0.2, 0.25) is 0 Å². The molecule has 2 aromatic rings. The van der Waals surface area contributed by atoms with Crippen LogP contribution in [0.25, 0.3) is 5.69 Å². The molecule has 2 aliphatic heterocycles. The second-order valence-corrected chi connectivity index (χ2v) is 7.12. The average molecular weight is 368 g/mol. The Morgan fingerprint density at radius 1 is 1.07 bits per heavy atom. The molecule has 0 aliphatic carbocycles. The van der Waals surface area contributed by atoms with Crippen molar-refractivity contribution in [2.24, 2.45) is 0 Å². The fraction of sp³-hybridized carbons (Fsp3) is 0.450. The molecule has 1 aromatic carbocycles. The van der Waals surface area contributed by atoms with Crippen LogP contribution in [0.1, 0.15) is 28.9 Å². The molecule has 2 amide bonds. The molecule has 2 fully saturated rings. The Morgan fingerprint density at radius 3 is 2.44 bits per heavy atom. The minimum atomic E-state index is -0.294. The summed E-state index contributed by atoms with van der Waals surface area (Å²) in [5.74, 6) is -0.0340. The van der Waals surface area contributed by atoms with Gasteiger partial charge < -0.3 is 19.1 Å². The van der Waals surface area contributed by atoms with E-state index in [2.05, 4.69) is 4.98 Å². The highest BCUT2D eigenvalue weighted by Gasteiger charge is 2.31. The largest absolute Gasteiger partial charge is 0.368 e. The lowest BCUT2D eigenvalue weighted by Crippen LogP contribution is -2.52. The van der Waals surface area contributed by atoms with E-state index in [-0.39, 0.29) is 17.9 Å². The molecule has 1 aromatic heterocycles. The fourth-order valence-electron chi connectivity index (χ4n) is 3.56. The summed E-state index contributed by atoms with van der Waals surface area (Å²) >= 11 is 0. The van der Waals surface area contributed by atoms with Crippen molar-refractivity contribution < 1.29 is 14.3 Å². The van der Waals surface area contributed by atoms with Gasteiger partial charge >= 0.3 is 0 Å². The monoisotopic (exact) mass is 368 g/mol. The van der Waals surface area contributed by atoms with Gasteiger partial charge in [-0.05, 0) is 31.9 Å². The van der Waals surface area contributed by atoms with Gasteiger partial charge in [0.05, 0.1) is 0 Å². The van der Waals surface area contributed by atoms with E-state index in [1.54, 1.807) is 17.4 Å². The zero-order valence-corrected chi connectivity index (χ0v) is 15.5. The summed E-state index contributed by atoms with van der Waals surface area (Å²) in [7, 11) is 0. The Bertz CT molecular complexity index is 816. The molecule has 7 nitrogen and oxygen atoms in total. The zero-order chi connectivity index (χ0) is 18.8. The maximum Gasteiger partial charge on any atom is 0.274 e. The number of carbonyl (C=O) groups excluding carboxylic acids is 2. The van der Waals surface area contributed by atoms with Crippen molar-refractivity contribution >= 4 is 11.8 Å². The number of hydrogen-bond acceptors (Lipinski definition) is 4. The molecular weight excluding hydrogens is 344 g/mol. The minimum Gasteiger partial charge on any atom is -0.368 e. The number of hydrogen-bond donors (Lipinski definition) is 0. The molecule has 3 heterocycles. The predicted octanol–water partition coefficient (Wildman–Crippen LogP) is 1.64. The van der Waals surface area contributed by atoms with Crippen molar-refractivity contribution in [1.82, 2.24) is 19.4 Å². The topological polar surface area (TPSA) is 67.7 Å². The van der Waals surface area contributed by atoms with Crippen LogP contribution in [0.4, 0.5) is 0 Å². The summed E-state index contributed by atoms with van der Waals surface area (Å²) in [6.07, 6.45) is 4.87. The Kier molecular flexibility index (Phi) is 4.94. The molecule has 0 radical (unpaired) electrons. The molecule has 27 heavy (non-hydrogen) atoms. The van der Waals surface area contributed by atoms with E-state index in [0.29, 0.717) is 38.5 Å². The molecule has 7 heteroatoms. The van der Waals surface area contributed by atoms with Gasteiger partial charge in [-0.25, -0.2) is 4.98 Å². The number of rotatable bonds is 3. The first-order valence-electron chi connectivity index (χ1n) is 9.42. The van der Waals surface area contributed by atoms with Crippen LogP contribution in [0.2, 0.25) is 0 Å². The number of aryl methyl sites for hydroxylation is 1. The highest BCUT2D eigenvalue weighted by Crippen LogP contribution is 2.17. The van der Waals surface area contributed by atoms with Crippen molar-refractivity contribution in [2.45, 2.75) is 25.9 Å². The summed E-state index contributed by atoms with van der Waals surface area (Å²) in [6.45, 7) is 4.84. The molecule has 2 saturated heterocycles. The summed E-state index contributed by atoms with van der Waals surface area (Å²) in [5, 5.41) is 0. The number of benzene rings is 1. The molecule has 0 saturated carbocycles.